The molecule has 0 radical (unpaired) electrons. The number of anilines is 2. The number of nitrogens with zero attached hydrogens (tertiary/aromatic N) is 2. The van der Waals surface area contributed by atoms with Crippen molar-refractivity contribution in [1.82, 2.24) is 4.90 Å². The Morgan fingerprint density at radius 2 is 1.79 bits per heavy atom. The SMILES string of the molecule is CCOC(=O)/C=C(/Nc1cc(OC)ccc1N1CCN(C)CC1)C(=O)OCC. The average molecular weight is 391 g/mol. The van der Waals surface area contributed by atoms with E-state index in [4.69, 9.17) is 14.2 Å². The fourth-order valence-corrected chi connectivity index (χ4v) is 2.87. The second-order valence-electron chi connectivity index (χ2n) is 6.33. The monoisotopic (exact) mass is 391 g/mol. The maximum absolute atomic E-state index is 12.4. The molecule has 1 heterocycles. The molecule has 0 aliphatic carbocycles. The van der Waals surface area contributed by atoms with Crippen LogP contribution in [0.2, 0.25) is 0 Å². The van der Waals surface area contributed by atoms with E-state index in [9.17, 15) is 9.59 Å². The zero-order chi connectivity index (χ0) is 20.5. The van der Waals surface area contributed by atoms with Crippen LogP contribution in [0.3, 0.4) is 0 Å². The minimum atomic E-state index is -0.622. The van der Waals surface area contributed by atoms with Crippen LogP contribution in [-0.2, 0) is 19.1 Å². The van der Waals surface area contributed by atoms with Crippen molar-refractivity contribution in [3.05, 3.63) is 30.0 Å². The Morgan fingerprint density at radius 3 is 2.39 bits per heavy atom. The summed E-state index contributed by atoms with van der Waals surface area (Å²) in [6, 6.07) is 5.61. The summed E-state index contributed by atoms with van der Waals surface area (Å²) in [6.07, 6.45) is 1.12. The van der Waals surface area contributed by atoms with Gasteiger partial charge in [-0.2, -0.15) is 0 Å². The molecule has 1 aliphatic heterocycles. The molecule has 1 aromatic carbocycles. The van der Waals surface area contributed by atoms with Crippen molar-refractivity contribution in [3.63, 3.8) is 0 Å². The van der Waals surface area contributed by atoms with E-state index in [2.05, 4.69) is 22.2 Å². The molecule has 28 heavy (non-hydrogen) atoms. The van der Waals surface area contributed by atoms with Crippen LogP contribution < -0.4 is 15.0 Å². The Bertz CT molecular complexity index is 712. The van der Waals surface area contributed by atoms with Crippen LogP contribution in [0, 0.1) is 0 Å². The molecular weight excluding hydrogens is 362 g/mol. The van der Waals surface area contributed by atoms with Crippen molar-refractivity contribution in [2.24, 2.45) is 0 Å². The predicted molar refractivity (Wildman–Crippen MR) is 108 cm³/mol. The van der Waals surface area contributed by atoms with E-state index in [1.54, 1.807) is 27.0 Å². The molecule has 1 N–H and O–H groups in total. The van der Waals surface area contributed by atoms with Crippen molar-refractivity contribution >= 4 is 23.3 Å². The molecule has 0 unspecified atom stereocenters. The molecule has 0 bridgehead atoms. The molecule has 0 saturated carbocycles. The minimum absolute atomic E-state index is 0.0175. The third-order valence-electron chi connectivity index (χ3n) is 4.36. The number of piperazine rings is 1. The highest BCUT2D eigenvalue weighted by molar-refractivity contribution is 5.99. The molecule has 8 heteroatoms. The summed E-state index contributed by atoms with van der Waals surface area (Å²) in [7, 11) is 3.67. The van der Waals surface area contributed by atoms with Gasteiger partial charge in [-0.05, 0) is 33.0 Å². The molecule has 0 atom stereocenters. The minimum Gasteiger partial charge on any atom is -0.497 e. The number of hydrogen-bond donors (Lipinski definition) is 1. The maximum atomic E-state index is 12.4. The number of ether oxygens (including phenoxy) is 3. The van der Waals surface area contributed by atoms with E-state index in [-0.39, 0.29) is 18.9 Å². The van der Waals surface area contributed by atoms with Crippen LogP contribution in [0.5, 0.6) is 5.75 Å². The van der Waals surface area contributed by atoms with E-state index >= 15 is 0 Å². The number of esters is 2. The fourth-order valence-electron chi connectivity index (χ4n) is 2.87. The van der Waals surface area contributed by atoms with Crippen molar-refractivity contribution in [2.75, 3.05) is 63.8 Å². The smallest absolute Gasteiger partial charge is 0.355 e. The van der Waals surface area contributed by atoms with Crippen molar-refractivity contribution in [3.8, 4) is 5.75 Å². The van der Waals surface area contributed by atoms with E-state index in [1.165, 1.54) is 0 Å². The molecule has 8 nitrogen and oxygen atoms in total. The van der Waals surface area contributed by atoms with Gasteiger partial charge in [-0.3, -0.25) is 0 Å². The number of methoxy groups -OCH3 is 1. The van der Waals surface area contributed by atoms with Gasteiger partial charge in [0.15, 0.2) is 0 Å². The summed E-state index contributed by atoms with van der Waals surface area (Å²) in [5, 5.41) is 3.06. The van der Waals surface area contributed by atoms with Crippen molar-refractivity contribution < 1.29 is 23.8 Å². The lowest BCUT2D eigenvalue weighted by Crippen LogP contribution is -2.44. The highest BCUT2D eigenvalue weighted by Crippen LogP contribution is 2.32. The van der Waals surface area contributed by atoms with Gasteiger partial charge >= 0.3 is 11.9 Å². The van der Waals surface area contributed by atoms with Crippen LogP contribution in [0.4, 0.5) is 11.4 Å². The fraction of sp³-hybridized carbons (Fsp3) is 0.500. The first kappa shape index (κ1) is 21.6. The van der Waals surface area contributed by atoms with Crippen LogP contribution in [0.15, 0.2) is 30.0 Å². The molecule has 0 amide bonds. The van der Waals surface area contributed by atoms with Crippen molar-refractivity contribution in [1.29, 1.82) is 0 Å². The Morgan fingerprint density at radius 1 is 1.11 bits per heavy atom. The summed E-state index contributed by atoms with van der Waals surface area (Å²) in [5.41, 5.74) is 1.60. The largest absolute Gasteiger partial charge is 0.497 e. The molecule has 154 valence electrons. The number of carbonyl (C=O) groups excluding carboxylic acids is 2. The molecule has 2 rings (SSSR count). The van der Waals surface area contributed by atoms with Crippen LogP contribution >= 0.6 is 0 Å². The first-order chi connectivity index (χ1) is 13.5. The summed E-state index contributed by atoms with van der Waals surface area (Å²) < 4.78 is 15.3. The van der Waals surface area contributed by atoms with Gasteiger partial charge in [0, 0.05) is 32.2 Å². The van der Waals surface area contributed by atoms with Crippen LogP contribution in [0.25, 0.3) is 0 Å². The first-order valence-corrected chi connectivity index (χ1v) is 9.42. The molecule has 1 aromatic rings. The lowest BCUT2D eigenvalue weighted by molar-refractivity contribution is -0.140. The van der Waals surface area contributed by atoms with Gasteiger partial charge in [-0.25, -0.2) is 9.59 Å². The van der Waals surface area contributed by atoms with Gasteiger partial charge in [-0.1, -0.05) is 0 Å². The molecule has 1 fully saturated rings. The predicted octanol–water partition coefficient (Wildman–Crippen LogP) is 1.87. The average Bonchev–Trinajstić information content (AvgIpc) is 2.68. The van der Waals surface area contributed by atoms with E-state index in [0.717, 1.165) is 37.9 Å². The van der Waals surface area contributed by atoms with Gasteiger partial charge in [0.2, 0.25) is 0 Å². The molecule has 0 aromatic heterocycles. The second kappa shape index (κ2) is 10.6. The summed E-state index contributed by atoms with van der Waals surface area (Å²) >= 11 is 0. The molecular formula is C20H29N3O5. The topological polar surface area (TPSA) is 80.3 Å². The quantitative estimate of drug-likeness (QED) is 0.531. The normalized spacial score (nSPS) is 15.1. The molecule has 0 spiro atoms. The van der Waals surface area contributed by atoms with Gasteiger partial charge in [0.25, 0.3) is 0 Å². The number of rotatable bonds is 8. The standard InChI is InChI=1S/C20H29N3O5/c1-5-27-19(24)14-17(20(25)28-6-2)21-16-13-15(26-4)7-8-18(16)23-11-9-22(3)10-12-23/h7-8,13-14,21H,5-6,9-12H2,1-4H3/b17-14+. The Balaban J connectivity index is 2.35. The van der Waals surface area contributed by atoms with Crippen molar-refractivity contribution in [2.45, 2.75) is 13.8 Å². The maximum Gasteiger partial charge on any atom is 0.355 e. The summed E-state index contributed by atoms with van der Waals surface area (Å²) in [5.74, 6) is -0.593. The van der Waals surface area contributed by atoms with E-state index in [0.29, 0.717) is 11.4 Å². The van der Waals surface area contributed by atoms with Gasteiger partial charge in [-0.15, -0.1) is 0 Å². The third-order valence-corrected chi connectivity index (χ3v) is 4.36. The highest BCUT2D eigenvalue weighted by Gasteiger charge is 2.21. The molecule has 1 saturated heterocycles. The van der Waals surface area contributed by atoms with E-state index < -0.39 is 11.9 Å². The first-order valence-electron chi connectivity index (χ1n) is 9.42. The van der Waals surface area contributed by atoms with Gasteiger partial charge in [0.1, 0.15) is 11.4 Å². The summed E-state index contributed by atoms with van der Waals surface area (Å²) in [4.78, 5) is 28.8. The zero-order valence-corrected chi connectivity index (χ0v) is 17.0. The third kappa shape index (κ3) is 5.88. The van der Waals surface area contributed by atoms with E-state index in [1.807, 2.05) is 12.1 Å². The number of hydrogen-bond acceptors (Lipinski definition) is 8. The Kier molecular flexibility index (Phi) is 8.13. The number of nitrogens with one attached hydrogen (secondary N) is 1. The lowest BCUT2D eigenvalue weighted by atomic mass is 10.2. The van der Waals surface area contributed by atoms with Gasteiger partial charge in [0.05, 0.1) is 37.8 Å². The van der Waals surface area contributed by atoms with Crippen LogP contribution in [-0.4, -0.2) is 70.4 Å². The number of carbonyl (C=O) groups is 2. The van der Waals surface area contributed by atoms with Gasteiger partial charge < -0.3 is 29.3 Å². The lowest BCUT2D eigenvalue weighted by Gasteiger charge is -2.35. The number of likely N-dealkylation sites (N-methyl/N-ethyl adjacent to an activating group) is 1. The summed E-state index contributed by atoms with van der Waals surface area (Å²) in [6.45, 7) is 7.42. The second-order valence-corrected chi connectivity index (χ2v) is 6.33. The Labute approximate surface area is 166 Å². The molecule has 1 aliphatic rings. The zero-order valence-electron chi connectivity index (χ0n) is 17.0. The Hall–Kier alpha value is -2.74. The highest BCUT2D eigenvalue weighted by atomic mass is 16.5. The number of benzene rings is 1. The van der Waals surface area contributed by atoms with Crippen LogP contribution in [0.1, 0.15) is 13.8 Å².